The van der Waals surface area contributed by atoms with Crippen molar-refractivity contribution in [3.8, 4) is 0 Å². The number of aliphatic hydroxyl groups is 1. The Morgan fingerprint density at radius 2 is 1.75 bits per heavy atom. The van der Waals surface area contributed by atoms with E-state index < -0.39 is 6.10 Å². The summed E-state index contributed by atoms with van der Waals surface area (Å²) in [7, 11) is 0. The van der Waals surface area contributed by atoms with Crippen LogP contribution in [0, 0.1) is 6.92 Å². The van der Waals surface area contributed by atoms with Gasteiger partial charge in [0.05, 0.1) is 12.0 Å². The quantitative estimate of drug-likeness (QED) is 0.738. The molecule has 1 atom stereocenters. The summed E-state index contributed by atoms with van der Waals surface area (Å²) in [6.45, 7) is 5.91. The lowest BCUT2D eigenvalue weighted by atomic mass is 9.98. The molecule has 1 unspecified atom stereocenters. The molecule has 0 aliphatic carbocycles. The van der Waals surface area contributed by atoms with Gasteiger partial charge in [-0.15, -0.1) is 0 Å². The molecule has 0 saturated heterocycles. The molecule has 1 aromatic heterocycles. The van der Waals surface area contributed by atoms with Gasteiger partial charge in [0.15, 0.2) is 0 Å². The number of rotatable bonds is 2. The highest BCUT2D eigenvalue weighted by Crippen LogP contribution is 2.28. The summed E-state index contributed by atoms with van der Waals surface area (Å²) >= 11 is 0. The van der Waals surface area contributed by atoms with Crippen LogP contribution in [0.4, 0.5) is 0 Å². The number of hydrogen-bond donors (Lipinski definition) is 2. The standard InChI is InChI=1S/C15H14N2O.C2H6/c1-10-14(17-9-16-10)15(18)13-8-4-6-11-5-2-3-7-12(11)13;1-2/h2-9,15,18H,1H3,(H,16,17);1-2H3. The second-order valence-corrected chi connectivity index (χ2v) is 4.38. The van der Waals surface area contributed by atoms with E-state index in [0.29, 0.717) is 5.69 Å². The van der Waals surface area contributed by atoms with Crippen molar-refractivity contribution >= 4 is 10.8 Å². The van der Waals surface area contributed by atoms with Crippen molar-refractivity contribution in [2.24, 2.45) is 0 Å². The Balaban J connectivity index is 0.000000704. The molecule has 0 saturated carbocycles. The van der Waals surface area contributed by atoms with Crippen LogP contribution < -0.4 is 0 Å². The van der Waals surface area contributed by atoms with Gasteiger partial charge in [-0.1, -0.05) is 56.3 Å². The molecule has 1 heterocycles. The van der Waals surface area contributed by atoms with Crippen LogP contribution in [0.1, 0.15) is 36.9 Å². The number of benzene rings is 2. The fraction of sp³-hybridized carbons (Fsp3) is 0.235. The number of imidazole rings is 1. The van der Waals surface area contributed by atoms with E-state index in [2.05, 4.69) is 9.97 Å². The number of aromatic amines is 1. The second kappa shape index (κ2) is 6.35. The Morgan fingerprint density at radius 1 is 1.05 bits per heavy atom. The highest BCUT2D eigenvalue weighted by atomic mass is 16.3. The summed E-state index contributed by atoms with van der Waals surface area (Å²) < 4.78 is 0. The lowest BCUT2D eigenvalue weighted by Crippen LogP contribution is -2.02. The van der Waals surface area contributed by atoms with Crippen molar-refractivity contribution in [3.63, 3.8) is 0 Å². The molecule has 0 radical (unpaired) electrons. The lowest BCUT2D eigenvalue weighted by Gasteiger charge is -2.12. The molecular weight excluding hydrogens is 248 g/mol. The zero-order chi connectivity index (χ0) is 14.5. The summed E-state index contributed by atoms with van der Waals surface area (Å²) in [5, 5.41) is 12.7. The minimum absolute atomic E-state index is 0.686. The molecule has 0 fully saturated rings. The third-order valence-electron chi connectivity index (χ3n) is 3.25. The van der Waals surface area contributed by atoms with Gasteiger partial charge in [-0.2, -0.15) is 0 Å². The minimum atomic E-state index is -0.692. The highest BCUT2D eigenvalue weighted by Gasteiger charge is 2.17. The van der Waals surface area contributed by atoms with Crippen molar-refractivity contribution in [2.75, 3.05) is 0 Å². The fourth-order valence-corrected chi connectivity index (χ4v) is 2.28. The van der Waals surface area contributed by atoms with Gasteiger partial charge in [0, 0.05) is 5.69 Å². The Bertz CT molecular complexity index is 683. The van der Waals surface area contributed by atoms with Crippen molar-refractivity contribution in [1.29, 1.82) is 0 Å². The normalized spacial score (nSPS) is 11.8. The first-order valence-electron chi connectivity index (χ1n) is 6.93. The van der Waals surface area contributed by atoms with E-state index in [1.54, 1.807) is 6.33 Å². The summed E-state index contributed by atoms with van der Waals surface area (Å²) in [6, 6.07) is 14.0. The number of fused-ring (bicyclic) bond motifs is 1. The first-order valence-corrected chi connectivity index (χ1v) is 6.93. The molecule has 2 aromatic carbocycles. The number of aliphatic hydroxyl groups excluding tert-OH is 1. The summed E-state index contributed by atoms with van der Waals surface area (Å²) in [5.41, 5.74) is 2.48. The predicted molar refractivity (Wildman–Crippen MR) is 82.7 cm³/mol. The highest BCUT2D eigenvalue weighted by molar-refractivity contribution is 5.86. The molecular formula is C17H20N2O. The number of hydrogen-bond acceptors (Lipinski definition) is 2. The topological polar surface area (TPSA) is 48.9 Å². The van der Waals surface area contributed by atoms with Crippen LogP contribution in [-0.4, -0.2) is 15.1 Å². The zero-order valence-corrected chi connectivity index (χ0v) is 12.1. The maximum absolute atomic E-state index is 10.5. The van der Waals surface area contributed by atoms with Crippen LogP contribution in [0.15, 0.2) is 48.8 Å². The Morgan fingerprint density at radius 3 is 2.45 bits per heavy atom. The van der Waals surface area contributed by atoms with Gasteiger partial charge >= 0.3 is 0 Å². The van der Waals surface area contributed by atoms with E-state index in [1.165, 1.54) is 0 Å². The van der Waals surface area contributed by atoms with Crippen LogP contribution in [0.5, 0.6) is 0 Å². The van der Waals surface area contributed by atoms with Crippen molar-refractivity contribution in [3.05, 3.63) is 65.7 Å². The molecule has 2 N–H and O–H groups in total. The average Bonchev–Trinajstić information content (AvgIpc) is 2.94. The van der Waals surface area contributed by atoms with Crippen LogP contribution in [0.25, 0.3) is 10.8 Å². The molecule has 3 aromatic rings. The molecule has 0 aliphatic rings. The monoisotopic (exact) mass is 268 g/mol. The summed E-state index contributed by atoms with van der Waals surface area (Å²) in [4.78, 5) is 7.19. The van der Waals surface area contributed by atoms with Gasteiger partial charge in [-0.05, 0) is 23.3 Å². The van der Waals surface area contributed by atoms with Crippen LogP contribution in [0.2, 0.25) is 0 Å². The summed E-state index contributed by atoms with van der Waals surface area (Å²) in [6.07, 6.45) is 0.918. The number of nitrogens with zero attached hydrogens (tertiary/aromatic N) is 1. The Labute approximate surface area is 119 Å². The van der Waals surface area contributed by atoms with Gasteiger partial charge in [-0.3, -0.25) is 0 Å². The lowest BCUT2D eigenvalue weighted by molar-refractivity contribution is 0.216. The summed E-state index contributed by atoms with van der Waals surface area (Å²) in [5.74, 6) is 0. The third-order valence-corrected chi connectivity index (χ3v) is 3.25. The molecule has 3 nitrogen and oxygen atoms in total. The van der Waals surface area contributed by atoms with E-state index in [4.69, 9.17) is 0 Å². The first-order chi connectivity index (χ1) is 9.77. The van der Waals surface area contributed by atoms with Crippen molar-refractivity contribution in [2.45, 2.75) is 26.9 Å². The Hall–Kier alpha value is -2.13. The van der Waals surface area contributed by atoms with E-state index in [1.807, 2.05) is 63.2 Å². The van der Waals surface area contributed by atoms with E-state index in [0.717, 1.165) is 22.0 Å². The minimum Gasteiger partial charge on any atom is -0.382 e. The number of aromatic nitrogens is 2. The predicted octanol–water partition coefficient (Wildman–Crippen LogP) is 3.98. The van der Waals surface area contributed by atoms with Crippen molar-refractivity contribution < 1.29 is 5.11 Å². The first kappa shape index (κ1) is 14.3. The maximum atomic E-state index is 10.5. The third kappa shape index (κ3) is 2.58. The van der Waals surface area contributed by atoms with Gasteiger partial charge < -0.3 is 10.1 Å². The molecule has 0 bridgehead atoms. The van der Waals surface area contributed by atoms with E-state index in [9.17, 15) is 5.11 Å². The largest absolute Gasteiger partial charge is 0.382 e. The van der Waals surface area contributed by atoms with E-state index >= 15 is 0 Å². The molecule has 104 valence electrons. The van der Waals surface area contributed by atoms with E-state index in [-0.39, 0.29) is 0 Å². The fourth-order valence-electron chi connectivity index (χ4n) is 2.28. The van der Waals surface area contributed by atoms with Crippen LogP contribution >= 0.6 is 0 Å². The van der Waals surface area contributed by atoms with Crippen LogP contribution in [-0.2, 0) is 0 Å². The molecule has 0 amide bonds. The Kier molecular flexibility index (Phi) is 4.53. The maximum Gasteiger partial charge on any atom is 0.123 e. The van der Waals surface area contributed by atoms with Crippen molar-refractivity contribution in [1.82, 2.24) is 9.97 Å². The molecule has 3 rings (SSSR count). The average molecular weight is 268 g/mol. The smallest absolute Gasteiger partial charge is 0.123 e. The second-order valence-electron chi connectivity index (χ2n) is 4.38. The molecule has 0 aliphatic heterocycles. The SMILES string of the molecule is CC.Cc1[nH]cnc1C(O)c1cccc2ccccc12. The molecule has 3 heteroatoms. The van der Waals surface area contributed by atoms with Gasteiger partial charge in [-0.25, -0.2) is 4.98 Å². The number of H-pyrrole nitrogens is 1. The van der Waals surface area contributed by atoms with Gasteiger partial charge in [0.1, 0.15) is 6.10 Å². The number of aryl methyl sites for hydroxylation is 1. The van der Waals surface area contributed by atoms with Gasteiger partial charge in [0.25, 0.3) is 0 Å². The zero-order valence-electron chi connectivity index (χ0n) is 12.1. The molecule has 20 heavy (non-hydrogen) atoms. The molecule has 0 spiro atoms. The van der Waals surface area contributed by atoms with Gasteiger partial charge in [0.2, 0.25) is 0 Å². The number of nitrogens with one attached hydrogen (secondary N) is 1. The van der Waals surface area contributed by atoms with Crippen LogP contribution in [0.3, 0.4) is 0 Å².